The summed E-state index contributed by atoms with van der Waals surface area (Å²) >= 11 is 0. The summed E-state index contributed by atoms with van der Waals surface area (Å²) in [5.41, 5.74) is 1.50. The summed E-state index contributed by atoms with van der Waals surface area (Å²) in [5.74, 6) is 0.385. The molecule has 2 heterocycles. The van der Waals surface area contributed by atoms with Gasteiger partial charge >= 0.3 is 0 Å². The topological polar surface area (TPSA) is 76.8 Å². The molecule has 7 heteroatoms. The third-order valence-corrected chi connectivity index (χ3v) is 3.89. The Labute approximate surface area is 146 Å². The molecule has 25 heavy (non-hydrogen) atoms. The Hall–Kier alpha value is -2.22. The van der Waals surface area contributed by atoms with Crippen molar-refractivity contribution in [2.24, 2.45) is 0 Å². The molecule has 2 aromatic rings. The number of nitrogens with zero attached hydrogens (tertiary/aromatic N) is 2. The lowest BCUT2D eigenvalue weighted by atomic mass is 10.2. The molecule has 0 radical (unpaired) electrons. The van der Waals surface area contributed by atoms with E-state index in [1.807, 2.05) is 25.2 Å². The number of benzene rings is 1. The van der Waals surface area contributed by atoms with Gasteiger partial charge in [0.1, 0.15) is 0 Å². The predicted molar refractivity (Wildman–Crippen MR) is 91.0 cm³/mol. The van der Waals surface area contributed by atoms with Crippen molar-refractivity contribution in [3.8, 4) is 0 Å². The fourth-order valence-corrected chi connectivity index (χ4v) is 2.66. The van der Waals surface area contributed by atoms with E-state index in [0.717, 1.165) is 6.54 Å². The SMILES string of the molecule is CN(Cc1ccccc1)Cc1cc(C(=O)NC[C@H]2COCCO2)no1. The van der Waals surface area contributed by atoms with Gasteiger partial charge in [-0.05, 0) is 12.6 Å². The van der Waals surface area contributed by atoms with Gasteiger partial charge in [-0.3, -0.25) is 9.69 Å². The second kappa shape index (κ2) is 8.75. The van der Waals surface area contributed by atoms with Crippen molar-refractivity contribution in [2.45, 2.75) is 19.2 Å². The Balaban J connectivity index is 1.46. The summed E-state index contributed by atoms with van der Waals surface area (Å²) in [7, 11) is 2.00. The van der Waals surface area contributed by atoms with Gasteiger partial charge in [0.2, 0.25) is 0 Å². The van der Waals surface area contributed by atoms with Gasteiger partial charge in [0, 0.05) is 19.2 Å². The molecule has 1 atom stereocenters. The van der Waals surface area contributed by atoms with Crippen LogP contribution < -0.4 is 5.32 Å². The van der Waals surface area contributed by atoms with Gasteiger partial charge < -0.3 is 19.3 Å². The van der Waals surface area contributed by atoms with Gasteiger partial charge in [-0.2, -0.15) is 0 Å². The number of amides is 1. The number of rotatable bonds is 7. The first-order chi connectivity index (χ1) is 12.2. The fraction of sp³-hybridized carbons (Fsp3) is 0.444. The van der Waals surface area contributed by atoms with Crippen LogP contribution in [0.2, 0.25) is 0 Å². The molecule has 7 nitrogen and oxygen atoms in total. The van der Waals surface area contributed by atoms with Crippen molar-refractivity contribution >= 4 is 5.91 Å². The first kappa shape index (κ1) is 17.6. The van der Waals surface area contributed by atoms with E-state index < -0.39 is 0 Å². The van der Waals surface area contributed by atoms with Gasteiger partial charge in [-0.1, -0.05) is 35.5 Å². The Morgan fingerprint density at radius 2 is 2.12 bits per heavy atom. The van der Waals surface area contributed by atoms with Crippen molar-refractivity contribution in [3.05, 3.63) is 53.4 Å². The second-order valence-electron chi connectivity index (χ2n) is 6.11. The maximum atomic E-state index is 12.1. The highest BCUT2D eigenvalue weighted by atomic mass is 16.6. The van der Waals surface area contributed by atoms with Crippen molar-refractivity contribution in [2.75, 3.05) is 33.4 Å². The van der Waals surface area contributed by atoms with Crippen LogP contribution in [0.1, 0.15) is 21.8 Å². The van der Waals surface area contributed by atoms with Crippen LogP contribution in [0, 0.1) is 0 Å². The van der Waals surface area contributed by atoms with Crippen LogP contribution in [-0.2, 0) is 22.6 Å². The van der Waals surface area contributed by atoms with Crippen molar-refractivity contribution in [1.29, 1.82) is 0 Å². The summed E-state index contributed by atoms with van der Waals surface area (Å²) in [6.07, 6.45) is -0.110. The molecule has 134 valence electrons. The molecule has 1 amide bonds. The van der Waals surface area contributed by atoms with Crippen LogP contribution >= 0.6 is 0 Å². The second-order valence-corrected chi connectivity index (χ2v) is 6.11. The molecule has 1 aromatic heterocycles. The largest absolute Gasteiger partial charge is 0.376 e. The Kier molecular flexibility index (Phi) is 6.16. The highest BCUT2D eigenvalue weighted by Gasteiger charge is 2.18. The lowest BCUT2D eigenvalue weighted by Crippen LogP contribution is -2.39. The summed E-state index contributed by atoms with van der Waals surface area (Å²) in [6, 6.07) is 11.9. The van der Waals surface area contributed by atoms with E-state index >= 15 is 0 Å². The molecule has 3 rings (SSSR count). The molecule has 0 spiro atoms. The van der Waals surface area contributed by atoms with Gasteiger partial charge in [0.15, 0.2) is 11.5 Å². The predicted octanol–water partition coefficient (Wildman–Crippen LogP) is 1.45. The van der Waals surface area contributed by atoms with E-state index in [0.29, 0.717) is 38.7 Å². The average molecular weight is 345 g/mol. The number of ether oxygens (including phenoxy) is 2. The molecular formula is C18H23N3O4. The van der Waals surface area contributed by atoms with E-state index in [4.69, 9.17) is 14.0 Å². The van der Waals surface area contributed by atoms with Gasteiger partial charge in [-0.15, -0.1) is 0 Å². The standard InChI is InChI=1S/C18H23N3O4/c1-21(11-14-5-3-2-4-6-14)12-15-9-17(20-25-15)18(22)19-10-16-13-23-7-8-24-16/h2-6,9,16H,7-8,10-13H2,1H3,(H,19,22)/t16-/m0/s1. The number of hydrogen-bond donors (Lipinski definition) is 1. The lowest BCUT2D eigenvalue weighted by Gasteiger charge is -2.22. The number of carbonyl (C=O) groups is 1. The molecule has 0 bridgehead atoms. The van der Waals surface area contributed by atoms with Crippen LogP contribution in [0.15, 0.2) is 40.9 Å². The summed E-state index contributed by atoms with van der Waals surface area (Å²) in [4.78, 5) is 14.2. The average Bonchev–Trinajstić information content (AvgIpc) is 3.10. The first-order valence-electron chi connectivity index (χ1n) is 8.36. The lowest BCUT2D eigenvalue weighted by molar-refractivity contribution is -0.0855. The van der Waals surface area contributed by atoms with E-state index in [-0.39, 0.29) is 17.7 Å². The zero-order valence-electron chi connectivity index (χ0n) is 14.3. The fourth-order valence-electron chi connectivity index (χ4n) is 2.66. The van der Waals surface area contributed by atoms with Crippen molar-refractivity contribution in [3.63, 3.8) is 0 Å². The minimum Gasteiger partial charge on any atom is -0.376 e. The van der Waals surface area contributed by atoms with Crippen molar-refractivity contribution < 1.29 is 18.8 Å². The van der Waals surface area contributed by atoms with E-state index in [9.17, 15) is 4.79 Å². The van der Waals surface area contributed by atoms with Crippen LogP contribution in [0.5, 0.6) is 0 Å². The monoisotopic (exact) mass is 345 g/mol. The molecule has 1 aliphatic heterocycles. The zero-order valence-corrected chi connectivity index (χ0v) is 14.3. The quantitative estimate of drug-likeness (QED) is 0.818. The molecule has 0 aliphatic carbocycles. The first-order valence-corrected chi connectivity index (χ1v) is 8.36. The van der Waals surface area contributed by atoms with E-state index in [1.54, 1.807) is 6.07 Å². The van der Waals surface area contributed by atoms with E-state index in [1.165, 1.54) is 5.56 Å². The van der Waals surface area contributed by atoms with Crippen LogP contribution in [0.3, 0.4) is 0 Å². The number of hydrogen-bond acceptors (Lipinski definition) is 6. The minimum atomic E-state index is -0.269. The zero-order chi connectivity index (χ0) is 17.5. The minimum absolute atomic E-state index is 0.110. The molecule has 1 aliphatic rings. The molecule has 0 saturated carbocycles. The molecule has 1 aromatic carbocycles. The van der Waals surface area contributed by atoms with E-state index in [2.05, 4.69) is 27.5 Å². The number of carbonyl (C=O) groups excluding carboxylic acids is 1. The Morgan fingerprint density at radius 1 is 1.28 bits per heavy atom. The number of aromatic nitrogens is 1. The molecule has 1 saturated heterocycles. The maximum absolute atomic E-state index is 12.1. The number of nitrogens with one attached hydrogen (secondary N) is 1. The summed E-state index contributed by atoms with van der Waals surface area (Å²) < 4.78 is 16.1. The van der Waals surface area contributed by atoms with Crippen LogP contribution in [-0.4, -0.2) is 55.5 Å². The molecule has 1 fully saturated rings. The van der Waals surface area contributed by atoms with Gasteiger partial charge in [0.25, 0.3) is 5.91 Å². The van der Waals surface area contributed by atoms with Gasteiger partial charge in [0.05, 0.1) is 32.5 Å². The smallest absolute Gasteiger partial charge is 0.273 e. The van der Waals surface area contributed by atoms with Gasteiger partial charge in [-0.25, -0.2) is 0 Å². The Bertz CT molecular complexity index is 668. The summed E-state index contributed by atoms with van der Waals surface area (Å²) in [6.45, 7) is 3.43. The molecular weight excluding hydrogens is 322 g/mol. The normalized spacial score (nSPS) is 17.6. The van der Waals surface area contributed by atoms with Crippen LogP contribution in [0.25, 0.3) is 0 Å². The highest BCUT2D eigenvalue weighted by Crippen LogP contribution is 2.10. The third-order valence-electron chi connectivity index (χ3n) is 3.89. The third kappa shape index (κ3) is 5.38. The molecule has 0 unspecified atom stereocenters. The van der Waals surface area contributed by atoms with Crippen molar-refractivity contribution in [1.82, 2.24) is 15.4 Å². The summed E-state index contributed by atoms with van der Waals surface area (Å²) in [5, 5.41) is 6.65. The Morgan fingerprint density at radius 3 is 2.88 bits per heavy atom. The highest BCUT2D eigenvalue weighted by molar-refractivity contribution is 5.92. The van der Waals surface area contributed by atoms with Crippen LogP contribution in [0.4, 0.5) is 0 Å². The molecule has 1 N–H and O–H groups in total. The maximum Gasteiger partial charge on any atom is 0.273 e.